The number of carbonyl (C=O) groups is 1. The first-order valence-corrected chi connectivity index (χ1v) is 5.89. The Labute approximate surface area is 93.9 Å². The topological polar surface area (TPSA) is 106 Å². The van der Waals surface area contributed by atoms with Crippen molar-refractivity contribution in [2.75, 3.05) is 19.3 Å². The first-order chi connectivity index (χ1) is 7.35. The standard InChI is InChI=1S/C9H13N3O3S/c1-12(6-9(11)13)16(14,15)8-5-3-2-4-7(8)10/h2-5H,6,10H2,1H3,(H2,11,13). The van der Waals surface area contributed by atoms with E-state index in [2.05, 4.69) is 0 Å². The monoisotopic (exact) mass is 243 g/mol. The van der Waals surface area contributed by atoms with Crippen molar-refractivity contribution in [2.24, 2.45) is 5.73 Å². The van der Waals surface area contributed by atoms with Gasteiger partial charge in [0.1, 0.15) is 4.90 Å². The molecule has 0 bridgehead atoms. The molecular formula is C9H13N3O3S. The highest BCUT2D eigenvalue weighted by molar-refractivity contribution is 7.89. The van der Waals surface area contributed by atoms with Crippen LogP contribution in [-0.2, 0) is 14.8 Å². The van der Waals surface area contributed by atoms with Gasteiger partial charge in [-0.25, -0.2) is 8.42 Å². The minimum absolute atomic E-state index is 0.0289. The van der Waals surface area contributed by atoms with E-state index in [0.717, 1.165) is 4.31 Å². The van der Waals surface area contributed by atoms with Crippen molar-refractivity contribution < 1.29 is 13.2 Å². The van der Waals surface area contributed by atoms with Gasteiger partial charge < -0.3 is 11.5 Å². The van der Waals surface area contributed by atoms with Gasteiger partial charge in [-0.05, 0) is 12.1 Å². The number of hydrogen-bond acceptors (Lipinski definition) is 4. The Morgan fingerprint density at radius 2 is 1.94 bits per heavy atom. The van der Waals surface area contributed by atoms with Crippen molar-refractivity contribution in [3.8, 4) is 0 Å². The minimum Gasteiger partial charge on any atom is -0.398 e. The summed E-state index contributed by atoms with van der Waals surface area (Å²) in [6.07, 6.45) is 0. The average Bonchev–Trinajstić information content (AvgIpc) is 2.16. The number of amides is 1. The first-order valence-electron chi connectivity index (χ1n) is 4.45. The number of anilines is 1. The van der Waals surface area contributed by atoms with Crippen molar-refractivity contribution in [1.82, 2.24) is 4.31 Å². The molecule has 16 heavy (non-hydrogen) atoms. The number of rotatable bonds is 4. The normalized spacial score (nSPS) is 11.6. The molecule has 0 unspecified atom stereocenters. The van der Waals surface area contributed by atoms with Gasteiger partial charge >= 0.3 is 0 Å². The molecule has 0 aromatic heterocycles. The fourth-order valence-electron chi connectivity index (χ4n) is 1.19. The lowest BCUT2D eigenvalue weighted by Crippen LogP contribution is -2.35. The number of nitrogen functional groups attached to an aromatic ring is 1. The second-order valence-electron chi connectivity index (χ2n) is 3.27. The minimum atomic E-state index is -3.76. The summed E-state index contributed by atoms with van der Waals surface area (Å²) in [6.45, 7) is -0.378. The number of hydrogen-bond donors (Lipinski definition) is 2. The van der Waals surface area contributed by atoms with Crippen LogP contribution in [0, 0.1) is 0 Å². The number of carbonyl (C=O) groups excluding carboxylic acids is 1. The number of primary amides is 1. The van der Waals surface area contributed by atoms with E-state index in [9.17, 15) is 13.2 Å². The SMILES string of the molecule is CN(CC(N)=O)S(=O)(=O)c1ccccc1N. The summed E-state index contributed by atoms with van der Waals surface area (Å²) >= 11 is 0. The molecule has 0 radical (unpaired) electrons. The molecule has 7 heteroatoms. The lowest BCUT2D eigenvalue weighted by molar-refractivity contribution is -0.118. The fourth-order valence-corrected chi connectivity index (χ4v) is 2.44. The van der Waals surface area contributed by atoms with Crippen LogP contribution >= 0.6 is 0 Å². The highest BCUT2D eigenvalue weighted by atomic mass is 32.2. The maximum absolute atomic E-state index is 11.9. The third-order valence-corrected chi connectivity index (χ3v) is 3.86. The molecule has 0 fully saturated rings. The summed E-state index contributed by atoms with van der Waals surface area (Å²) < 4.78 is 24.7. The lowest BCUT2D eigenvalue weighted by atomic mass is 10.3. The summed E-state index contributed by atoms with van der Waals surface area (Å²) in [4.78, 5) is 10.6. The lowest BCUT2D eigenvalue weighted by Gasteiger charge is -2.16. The smallest absolute Gasteiger partial charge is 0.245 e. The van der Waals surface area contributed by atoms with E-state index in [4.69, 9.17) is 11.5 Å². The van der Waals surface area contributed by atoms with E-state index in [1.807, 2.05) is 0 Å². The Balaban J connectivity index is 3.12. The van der Waals surface area contributed by atoms with E-state index in [0.29, 0.717) is 0 Å². The van der Waals surface area contributed by atoms with E-state index in [1.165, 1.54) is 19.2 Å². The molecule has 0 spiro atoms. The third-order valence-electron chi connectivity index (χ3n) is 1.99. The van der Waals surface area contributed by atoms with Gasteiger partial charge in [-0.1, -0.05) is 12.1 Å². The van der Waals surface area contributed by atoms with Gasteiger partial charge in [-0.2, -0.15) is 4.31 Å². The Hall–Kier alpha value is -1.60. The summed E-state index contributed by atoms with van der Waals surface area (Å²) in [5.41, 5.74) is 10.6. The zero-order valence-corrected chi connectivity index (χ0v) is 9.57. The number of para-hydroxylation sites is 1. The van der Waals surface area contributed by atoms with Crippen molar-refractivity contribution in [3.63, 3.8) is 0 Å². The molecule has 6 nitrogen and oxygen atoms in total. The van der Waals surface area contributed by atoms with Crippen molar-refractivity contribution in [2.45, 2.75) is 4.90 Å². The van der Waals surface area contributed by atoms with Crippen LogP contribution in [0.15, 0.2) is 29.2 Å². The molecule has 4 N–H and O–H groups in total. The number of nitrogens with two attached hydrogens (primary N) is 2. The summed E-state index contributed by atoms with van der Waals surface area (Å²) in [5.74, 6) is -0.722. The van der Waals surface area contributed by atoms with Gasteiger partial charge in [0.15, 0.2) is 0 Å². The molecule has 1 rings (SSSR count). The number of likely N-dealkylation sites (N-methyl/N-ethyl adjacent to an activating group) is 1. The molecule has 0 saturated carbocycles. The van der Waals surface area contributed by atoms with Gasteiger partial charge in [0.25, 0.3) is 0 Å². The van der Waals surface area contributed by atoms with Crippen LogP contribution in [0.25, 0.3) is 0 Å². The highest BCUT2D eigenvalue weighted by Gasteiger charge is 2.23. The Bertz CT molecular complexity index is 498. The van der Waals surface area contributed by atoms with E-state index >= 15 is 0 Å². The second kappa shape index (κ2) is 4.50. The summed E-state index contributed by atoms with van der Waals surface area (Å²) in [7, 11) is -2.49. The van der Waals surface area contributed by atoms with Crippen molar-refractivity contribution >= 4 is 21.6 Å². The first kappa shape index (κ1) is 12.5. The Kier molecular flexibility index (Phi) is 3.51. The predicted molar refractivity (Wildman–Crippen MR) is 59.9 cm³/mol. The van der Waals surface area contributed by atoms with Crippen LogP contribution < -0.4 is 11.5 Å². The second-order valence-corrected chi connectivity index (χ2v) is 5.28. The molecule has 1 amide bonds. The van der Waals surface area contributed by atoms with Gasteiger partial charge in [0, 0.05) is 7.05 Å². The van der Waals surface area contributed by atoms with E-state index < -0.39 is 15.9 Å². The molecule has 0 saturated heterocycles. The van der Waals surface area contributed by atoms with Gasteiger partial charge in [0.2, 0.25) is 15.9 Å². The maximum atomic E-state index is 11.9. The summed E-state index contributed by atoms with van der Waals surface area (Å²) in [5, 5.41) is 0. The maximum Gasteiger partial charge on any atom is 0.245 e. The van der Waals surface area contributed by atoms with Crippen molar-refractivity contribution in [3.05, 3.63) is 24.3 Å². The average molecular weight is 243 g/mol. The van der Waals surface area contributed by atoms with Crippen LogP contribution in [-0.4, -0.2) is 32.2 Å². The number of benzene rings is 1. The van der Waals surface area contributed by atoms with Crippen LogP contribution in [0.3, 0.4) is 0 Å². The van der Waals surface area contributed by atoms with Crippen LogP contribution in [0.5, 0.6) is 0 Å². The predicted octanol–water partition coefficient (Wildman–Crippen LogP) is -0.625. The Morgan fingerprint density at radius 1 is 1.38 bits per heavy atom. The zero-order chi connectivity index (χ0) is 12.3. The molecule has 88 valence electrons. The van der Waals surface area contributed by atoms with Gasteiger partial charge in [-0.15, -0.1) is 0 Å². The summed E-state index contributed by atoms with van der Waals surface area (Å²) in [6, 6.07) is 6.04. The molecule has 0 heterocycles. The van der Waals surface area contributed by atoms with Crippen LogP contribution in [0.4, 0.5) is 5.69 Å². The van der Waals surface area contributed by atoms with Crippen LogP contribution in [0.2, 0.25) is 0 Å². The number of sulfonamides is 1. The number of nitrogens with zero attached hydrogens (tertiary/aromatic N) is 1. The molecular weight excluding hydrogens is 230 g/mol. The molecule has 0 aliphatic carbocycles. The van der Waals surface area contributed by atoms with Gasteiger partial charge in [-0.3, -0.25) is 4.79 Å². The van der Waals surface area contributed by atoms with E-state index in [-0.39, 0.29) is 17.1 Å². The van der Waals surface area contributed by atoms with Crippen molar-refractivity contribution in [1.29, 1.82) is 0 Å². The highest BCUT2D eigenvalue weighted by Crippen LogP contribution is 2.20. The molecule has 0 atom stereocenters. The third kappa shape index (κ3) is 2.50. The molecule has 1 aromatic carbocycles. The zero-order valence-electron chi connectivity index (χ0n) is 8.75. The largest absolute Gasteiger partial charge is 0.398 e. The van der Waals surface area contributed by atoms with Crippen LogP contribution in [0.1, 0.15) is 0 Å². The molecule has 0 aliphatic heterocycles. The van der Waals surface area contributed by atoms with E-state index in [1.54, 1.807) is 12.1 Å². The molecule has 1 aromatic rings. The van der Waals surface area contributed by atoms with Gasteiger partial charge in [0.05, 0.1) is 12.2 Å². The molecule has 0 aliphatic rings. The quantitative estimate of drug-likeness (QED) is 0.687. The fraction of sp³-hybridized carbons (Fsp3) is 0.222. The Morgan fingerprint density at radius 3 is 2.44 bits per heavy atom.